The maximum Gasteiger partial charge on any atom is 0.132 e. The van der Waals surface area contributed by atoms with E-state index in [-0.39, 0.29) is 0 Å². The van der Waals surface area contributed by atoms with Gasteiger partial charge in [-0.05, 0) is 18.8 Å². The van der Waals surface area contributed by atoms with Gasteiger partial charge in [0.1, 0.15) is 4.64 Å². The first-order chi connectivity index (χ1) is 6.15. The molecule has 0 atom stereocenters. The van der Waals surface area contributed by atoms with E-state index in [2.05, 4.69) is 30.7 Å². The van der Waals surface area contributed by atoms with Gasteiger partial charge in [-0.2, -0.15) is 0 Å². The van der Waals surface area contributed by atoms with Crippen LogP contribution in [0.25, 0.3) is 0 Å². The van der Waals surface area contributed by atoms with Crippen LogP contribution in [0.1, 0.15) is 32.0 Å². The number of hydrogen-bond donors (Lipinski definition) is 1. The van der Waals surface area contributed by atoms with E-state index >= 15 is 0 Å². The van der Waals surface area contributed by atoms with Crippen LogP contribution in [0.15, 0.2) is 6.33 Å². The van der Waals surface area contributed by atoms with Crippen LogP contribution < -0.4 is 0 Å². The van der Waals surface area contributed by atoms with E-state index in [1.165, 1.54) is 11.3 Å². The van der Waals surface area contributed by atoms with Crippen molar-refractivity contribution in [3.8, 4) is 0 Å². The van der Waals surface area contributed by atoms with Crippen LogP contribution in [0.5, 0.6) is 0 Å². The van der Waals surface area contributed by atoms with Crippen LogP contribution in [0.3, 0.4) is 0 Å². The number of H-pyrrole nitrogens is 1. The Kier molecular flexibility index (Phi) is 3.60. The van der Waals surface area contributed by atoms with Crippen LogP contribution in [0, 0.1) is 10.6 Å². The quantitative estimate of drug-likeness (QED) is 0.753. The molecule has 0 aliphatic heterocycles. The molecular formula is C10H16N2S. The summed E-state index contributed by atoms with van der Waals surface area (Å²) in [5.41, 5.74) is 2.45. The molecule has 13 heavy (non-hydrogen) atoms. The Balaban J connectivity index is 3.05. The summed E-state index contributed by atoms with van der Waals surface area (Å²) in [4.78, 5) is 7.26. The zero-order valence-corrected chi connectivity index (χ0v) is 9.24. The van der Waals surface area contributed by atoms with Crippen molar-refractivity contribution in [2.75, 3.05) is 0 Å². The summed E-state index contributed by atoms with van der Waals surface area (Å²) in [7, 11) is 0. The molecule has 0 fully saturated rings. The Morgan fingerprint density at radius 1 is 1.54 bits per heavy atom. The molecule has 72 valence electrons. The lowest BCUT2D eigenvalue weighted by Gasteiger charge is -2.09. The number of aromatic nitrogens is 2. The second-order valence-electron chi connectivity index (χ2n) is 3.62. The summed E-state index contributed by atoms with van der Waals surface area (Å²) in [6, 6.07) is 0. The number of rotatable bonds is 3. The Morgan fingerprint density at radius 2 is 2.23 bits per heavy atom. The molecule has 1 heterocycles. The Hall–Kier alpha value is -0.700. The lowest BCUT2D eigenvalue weighted by atomic mass is 10.0. The SMILES string of the molecule is CCc1c(CC(C)C)[nH]cnc1=S. The average Bonchev–Trinajstić information content (AvgIpc) is 2.03. The molecule has 1 N–H and O–H groups in total. The van der Waals surface area contributed by atoms with Gasteiger partial charge < -0.3 is 4.98 Å². The minimum atomic E-state index is 0.651. The molecule has 0 saturated carbocycles. The molecule has 0 saturated heterocycles. The fraction of sp³-hybridized carbons (Fsp3) is 0.600. The second-order valence-corrected chi connectivity index (χ2v) is 4.00. The molecule has 1 aromatic rings. The first-order valence-corrected chi connectivity index (χ1v) is 5.11. The molecule has 3 heteroatoms. The van der Waals surface area contributed by atoms with E-state index in [1.54, 1.807) is 6.33 Å². The van der Waals surface area contributed by atoms with Crippen molar-refractivity contribution in [3.05, 3.63) is 22.2 Å². The van der Waals surface area contributed by atoms with Crippen molar-refractivity contribution in [1.82, 2.24) is 9.97 Å². The molecule has 0 spiro atoms. The van der Waals surface area contributed by atoms with E-state index < -0.39 is 0 Å². The highest BCUT2D eigenvalue weighted by molar-refractivity contribution is 7.71. The van der Waals surface area contributed by atoms with Gasteiger partial charge in [0.2, 0.25) is 0 Å². The van der Waals surface area contributed by atoms with E-state index in [9.17, 15) is 0 Å². The maximum absolute atomic E-state index is 5.16. The standard InChI is InChI=1S/C10H16N2S/c1-4-8-9(5-7(2)3)11-6-12-10(8)13/h6-7H,4-5H2,1-3H3,(H,11,12,13). The normalized spacial score (nSPS) is 10.8. The van der Waals surface area contributed by atoms with Crippen LogP contribution in [-0.4, -0.2) is 9.97 Å². The molecule has 1 rings (SSSR count). The van der Waals surface area contributed by atoms with Crippen LogP contribution in [0.2, 0.25) is 0 Å². The van der Waals surface area contributed by atoms with Crippen molar-refractivity contribution >= 4 is 12.2 Å². The fourth-order valence-electron chi connectivity index (χ4n) is 1.42. The third-order valence-electron chi connectivity index (χ3n) is 2.01. The van der Waals surface area contributed by atoms with Crippen molar-refractivity contribution < 1.29 is 0 Å². The molecule has 0 aliphatic carbocycles. The molecular weight excluding hydrogens is 180 g/mol. The highest BCUT2D eigenvalue weighted by atomic mass is 32.1. The summed E-state index contributed by atoms with van der Waals surface area (Å²) in [5, 5.41) is 0. The Morgan fingerprint density at radius 3 is 2.77 bits per heavy atom. The molecule has 0 aliphatic rings. The molecule has 0 radical (unpaired) electrons. The van der Waals surface area contributed by atoms with Crippen LogP contribution in [-0.2, 0) is 12.8 Å². The minimum absolute atomic E-state index is 0.651. The van der Waals surface area contributed by atoms with Gasteiger partial charge >= 0.3 is 0 Å². The van der Waals surface area contributed by atoms with Gasteiger partial charge in [0.25, 0.3) is 0 Å². The summed E-state index contributed by atoms with van der Waals surface area (Å²) < 4.78 is 0.747. The maximum atomic E-state index is 5.16. The topological polar surface area (TPSA) is 28.7 Å². The average molecular weight is 196 g/mol. The third-order valence-corrected chi connectivity index (χ3v) is 2.36. The predicted molar refractivity (Wildman–Crippen MR) is 57.3 cm³/mol. The van der Waals surface area contributed by atoms with Crippen molar-refractivity contribution in [1.29, 1.82) is 0 Å². The van der Waals surface area contributed by atoms with Gasteiger partial charge in [-0.15, -0.1) is 0 Å². The van der Waals surface area contributed by atoms with E-state index in [0.717, 1.165) is 17.5 Å². The number of hydrogen-bond acceptors (Lipinski definition) is 2. The molecule has 0 amide bonds. The summed E-state index contributed by atoms with van der Waals surface area (Å²) in [5.74, 6) is 0.651. The first-order valence-electron chi connectivity index (χ1n) is 4.70. The molecule has 0 bridgehead atoms. The summed E-state index contributed by atoms with van der Waals surface area (Å²) in [6.45, 7) is 6.53. The predicted octanol–water partition coefficient (Wildman–Crippen LogP) is 2.90. The molecule has 2 nitrogen and oxygen atoms in total. The zero-order chi connectivity index (χ0) is 9.84. The van der Waals surface area contributed by atoms with E-state index in [4.69, 9.17) is 12.2 Å². The summed E-state index contributed by atoms with van der Waals surface area (Å²) >= 11 is 5.16. The van der Waals surface area contributed by atoms with Gasteiger partial charge in [-0.3, -0.25) is 0 Å². The second kappa shape index (κ2) is 4.51. The minimum Gasteiger partial charge on any atom is -0.349 e. The third kappa shape index (κ3) is 2.62. The van der Waals surface area contributed by atoms with Gasteiger partial charge in [-0.1, -0.05) is 33.0 Å². The molecule has 0 aromatic carbocycles. The van der Waals surface area contributed by atoms with Crippen molar-refractivity contribution in [2.45, 2.75) is 33.6 Å². The Bertz CT molecular complexity index is 328. The lowest BCUT2D eigenvalue weighted by Crippen LogP contribution is -2.03. The highest BCUT2D eigenvalue weighted by Crippen LogP contribution is 2.11. The number of nitrogens with zero attached hydrogens (tertiary/aromatic N) is 1. The van der Waals surface area contributed by atoms with Crippen molar-refractivity contribution in [3.63, 3.8) is 0 Å². The molecule has 1 aromatic heterocycles. The van der Waals surface area contributed by atoms with Gasteiger partial charge in [0.15, 0.2) is 0 Å². The van der Waals surface area contributed by atoms with Gasteiger partial charge in [0, 0.05) is 11.3 Å². The zero-order valence-electron chi connectivity index (χ0n) is 8.42. The van der Waals surface area contributed by atoms with Crippen LogP contribution >= 0.6 is 12.2 Å². The van der Waals surface area contributed by atoms with Crippen LogP contribution in [0.4, 0.5) is 0 Å². The van der Waals surface area contributed by atoms with E-state index in [1.807, 2.05) is 0 Å². The molecule has 0 unspecified atom stereocenters. The smallest absolute Gasteiger partial charge is 0.132 e. The van der Waals surface area contributed by atoms with Crippen molar-refractivity contribution in [2.24, 2.45) is 5.92 Å². The first kappa shape index (κ1) is 10.4. The van der Waals surface area contributed by atoms with E-state index in [0.29, 0.717) is 5.92 Å². The lowest BCUT2D eigenvalue weighted by molar-refractivity contribution is 0.628. The summed E-state index contributed by atoms with van der Waals surface area (Å²) in [6.07, 6.45) is 3.71. The monoisotopic (exact) mass is 196 g/mol. The number of aromatic amines is 1. The largest absolute Gasteiger partial charge is 0.349 e. The van der Waals surface area contributed by atoms with Gasteiger partial charge in [0.05, 0.1) is 6.33 Å². The number of nitrogens with one attached hydrogen (secondary N) is 1. The van der Waals surface area contributed by atoms with Gasteiger partial charge in [-0.25, -0.2) is 4.98 Å². The Labute approximate surface area is 84.4 Å². The fourth-order valence-corrected chi connectivity index (χ4v) is 1.74. The highest BCUT2D eigenvalue weighted by Gasteiger charge is 2.05.